The number of benzene rings is 1. The van der Waals surface area contributed by atoms with Crippen LogP contribution in [0.2, 0.25) is 5.02 Å². The van der Waals surface area contributed by atoms with Gasteiger partial charge in [-0.1, -0.05) is 29.8 Å². The van der Waals surface area contributed by atoms with E-state index >= 15 is 0 Å². The average molecular weight is 420 g/mol. The van der Waals surface area contributed by atoms with Gasteiger partial charge in [-0.2, -0.15) is 0 Å². The molecule has 1 aromatic carbocycles. The van der Waals surface area contributed by atoms with Gasteiger partial charge >= 0.3 is 0 Å². The lowest BCUT2D eigenvalue weighted by Crippen LogP contribution is -2.48. The normalized spacial score (nSPS) is 21.9. The average Bonchev–Trinajstić information content (AvgIpc) is 2.71. The number of hydrogen-bond donors (Lipinski definition) is 2. The van der Waals surface area contributed by atoms with Gasteiger partial charge < -0.3 is 16.0 Å². The van der Waals surface area contributed by atoms with Crippen molar-refractivity contribution in [2.75, 3.05) is 39.8 Å². The number of guanidine groups is 1. The summed E-state index contributed by atoms with van der Waals surface area (Å²) in [6.07, 6.45) is 4.98. The van der Waals surface area contributed by atoms with Gasteiger partial charge in [-0.05, 0) is 62.2 Å². The minimum Gasteiger partial charge on any atom is -0.370 e. The van der Waals surface area contributed by atoms with Crippen molar-refractivity contribution in [1.82, 2.24) is 15.1 Å². The van der Waals surface area contributed by atoms with Crippen molar-refractivity contribution in [2.45, 2.75) is 38.6 Å². The van der Waals surface area contributed by atoms with Gasteiger partial charge in [0.2, 0.25) is 5.91 Å². The summed E-state index contributed by atoms with van der Waals surface area (Å²) in [6.45, 7) is 5.92. The number of primary amides is 1. The molecular weight excluding hydrogens is 386 g/mol. The van der Waals surface area contributed by atoms with E-state index in [1.54, 1.807) is 0 Å². The first-order valence-electron chi connectivity index (χ1n) is 10.7. The van der Waals surface area contributed by atoms with Crippen LogP contribution in [0.4, 0.5) is 0 Å². The molecule has 0 radical (unpaired) electrons. The molecule has 2 fully saturated rings. The lowest BCUT2D eigenvalue weighted by atomic mass is 9.94. The van der Waals surface area contributed by atoms with Gasteiger partial charge in [-0.25, -0.2) is 0 Å². The molecule has 3 N–H and O–H groups in total. The number of amides is 1. The quantitative estimate of drug-likeness (QED) is 0.549. The first-order chi connectivity index (χ1) is 14.0. The molecule has 0 spiro atoms. The Labute approximate surface area is 179 Å². The van der Waals surface area contributed by atoms with E-state index in [0.717, 1.165) is 63.1 Å². The number of carbonyl (C=O) groups is 1. The van der Waals surface area contributed by atoms with Crippen LogP contribution in [-0.4, -0.2) is 61.4 Å². The Morgan fingerprint density at radius 2 is 1.97 bits per heavy atom. The Morgan fingerprint density at radius 3 is 2.66 bits per heavy atom. The lowest BCUT2D eigenvalue weighted by Gasteiger charge is -2.36. The number of carbonyl (C=O) groups excluding carboxylic acids is 1. The zero-order valence-corrected chi connectivity index (χ0v) is 18.2. The SMILES string of the molecule is CN=C(NCC1CCN(Cc2ccccc2Cl)CC1)N1CCCC(CC(N)=O)C1. The Hall–Kier alpha value is -1.79. The van der Waals surface area contributed by atoms with Crippen molar-refractivity contribution < 1.29 is 4.79 Å². The minimum absolute atomic E-state index is 0.205. The number of nitrogens with zero attached hydrogens (tertiary/aromatic N) is 3. The second-order valence-corrected chi connectivity index (χ2v) is 8.77. The molecule has 6 nitrogen and oxygen atoms in total. The van der Waals surface area contributed by atoms with Gasteiger partial charge in [-0.3, -0.25) is 14.7 Å². The van der Waals surface area contributed by atoms with Crippen LogP contribution in [0.5, 0.6) is 0 Å². The monoisotopic (exact) mass is 419 g/mol. The van der Waals surface area contributed by atoms with E-state index in [0.29, 0.717) is 18.3 Å². The largest absolute Gasteiger partial charge is 0.370 e. The van der Waals surface area contributed by atoms with Crippen LogP contribution in [-0.2, 0) is 11.3 Å². The summed E-state index contributed by atoms with van der Waals surface area (Å²) in [6, 6.07) is 8.12. The Morgan fingerprint density at radius 1 is 1.21 bits per heavy atom. The van der Waals surface area contributed by atoms with Crippen molar-refractivity contribution in [3.05, 3.63) is 34.9 Å². The summed E-state index contributed by atoms with van der Waals surface area (Å²) in [5.74, 6) is 1.74. The second-order valence-electron chi connectivity index (χ2n) is 8.36. The van der Waals surface area contributed by atoms with E-state index in [2.05, 4.69) is 32.2 Å². The van der Waals surface area contributed by atoms with E-state index in [9.17, 15) is 4.79 Å². The predicted molar refractivity (Wildman–Crippen MR) is 119 cm³/mol. The molecule has 1 atom stereocenters. The van der Waals surface area contributed by atoms with Crippen LogP contribution in [0.3, 0.4) is 0 Å². The van der Waals surface area contributed by atoms with Gasteiger partial charge in [0.1, 0.15) is 0 Å². The highest BCUT2D eigenvalue weighted by atomic mass is 35.5. The molecule has 2 heterocycles. The molecular formula is C22H34ClN5O. The molecule has 0 aromatic heterocycles. The van der Waals surface area contributed by atoms with Crippen LogP contribution in [0.25, 0.3) is 0 Å². The standard InChI is InChI=1S/C22H34ClN5O/c1-25-22(28-10-4-5-18(15-28)13-21(24)29)26-14-17-8-11-27(12-9-17)16-19-6-2-3-7-20(19)23/h2-3,6-7,17-18H,4-5,8-16H2,1H3,(H2,24,29)(H,25,26). The fourth-order valence-corrected chi connectivity index (χ4v) is 4.69. The maximum absolute atomic E-state index is 11.3. The molecule has 1 unspecified atom stereocenters. The van der Waals surface area contributed by atoms with Crippen LogP contribution in [0.1, 0.15) is 37.7 Å². The van der Waals surface area contributed by atoms with E-state index in [-0.39, 0.29) is 5.91 Å². The van der Waals surface area contributed by atoms with Gasteiger partial charge in [0.05, 0.1) is 0 Å². The molecule has 3 rings (SSSR count). The fraction of sp³-hybridized carbons (Fsp3) is 0.636. The van der Waals surface area contributed by atoms with E-state index < -0.39 is 0 Å². The Kier molecular flexibility index (Phi) is 8.19. The predicted octanol–water partition coefficient (Wildman–Crippen LogP) is 2.71. The van der Waals surface area contributed by atoms with E-state index in [1.165, 1.54) is 18.4 Å². The molecule has 1 amide bonds. The first kappa shape index (κ1) is 21.9. The number of nitrogens with one attached hydrogen (secondary N) is 1. The number of aliphatic imine (C=N–C) groups is 1. The minimum atomic E-state index is -0.205. The summed E-state index contributed by atoms with van der Waals surface area (Å²) in [5, 5.41) is 4.43. The van der Waals surface area contributed by atoms with Crippen molar-refractivity contribution in [3.63, 3.8) is 0 Å². The highest BCUT2D eigenvalue weighted by molar-refractivity contribution is 6.31. The van der Waals surface area contributed by atoms with Crippen molar-refractivity contribution >= 4 is 23.5 Å². The highest BCUT2D eigenvalue weighted by Gasteiger charge is 2.25. The summed E-state index contributed by atoms with van der Waals surface area (Å²) < 4.78 is 0. The van der Waals surface area contributed by atoms with Gasteiger partial charge in [0.15, 0.2) is 5.96 Å². The van der Waals surface area contributed by atoms with Crippen LogP contribution >= 0.6 is 11.6 Å². The zero-order chi connectivity index (χ0) is 20.6. The topological polar surface area (TPSA) is 74.0 Å². The maximum Gasteiger partial charge on any atom is 0.217 e. The first-order valence-corrected chi connectivity index (χ1v) is 11.1. The number of hydrogen-bond acceptors (Lipinski definition) is 3. The molecule has 1 aromatic rings. The smallest absolute Gasteiger partial charge is 0.217 e. The molecule has 2 aliphatic heterocycles. The molecule has 29 heavy (non-hydrogen) atoms. The van der Waals surface area contributed by atoms with Gasteiger partial charge in [0, 0.05) is 44.7 Å². The third-order valence-corrected chi connectivity index (χ3v) is 6.50. The Bertz CT molecular complexity index is 702. The number of piperidine rings is 2. The molecule has 2 saturated heterocycles. The number of nitrogens with two attached hydrogens (primary N) is 1. The number of rotatable bonds is 6. The number of halogens is 1. The number of likely N-dealkylation sites (tertiary alicyclic amines) is 2. The fourth-order valence-electron chi connectivity index (χ4n) is 4.49. The molecule has 7 heteroatoms. The Balaban J connectivity index is 1.42. The molecule has 0 saturated carbocycles. The second kappa shape index (κ2) is 10.8. The van der Waals surface area contributed by atoms with Gasteiger partial charge in [0.25, 0.3) is 0 Å². The summed E-state index contributed by atoms with van der Waals surface area (Å²) in [5.41, 5.74) is 6.60. The summed E-state index contributed by atoms with van der Waals surface area (Å²) in [4.78, 5) is 20.5. The van der Waals surface area contributed by atoms with Crippen LogP contribution < -0.4 is 11.1 Å². The highest BCUT2D eigenvalue weighted by Crippen LogP contribution is 2.23. The molecule has 0 bridgehead atoms. The maximum atomic E-state index is 11.3. The van der Waals surface area contributed by atoms with Crippen molar-refractivity contribution in [2.24, 2.45) is 22.6 Å². The zero-order valence-electron chi connectivity index (χ0n) is 17.4. The summed E-state index contributed by atoms with van der Waals surface area (Å²) in [7, 11) is 1.84. The van der Waals surface area contributed by atoms with Crippen LogP contribution in [0.15, 0.2) is 29.3 Å². The third kappa shape index (κ3) is 6.61. The van der Waals surface area contributed by atoms with Crippen molar-refractivity contribution in [3.8, 4) is 0 Å². The molecule has 2 aliphatic rings. The van der Waals surface area contributed by atoms with E-state index in [1.807, 2.05) is 19.2 Å². The summed E-state index contributed by atoms with van der Waals surface area (Å²) >= 11 is 6.30. The lowest BCUT2D eigenvalue weighted by molar-refractivity contribution is -0.119. The molecule has 160 valence electrons. The van der Waals surface area contributed by atoms with Crippen LogP contribution in [0, 0.1) is 11.8 Å². The van der Waals surface area contributed by atoms with Crippen molar-refractivity contribution in [1.29, 1.82) is 0 Å². The van der Waals surface area contributed by atoms with E-state index in [4.69, 9.17) is 17.3 Å². The van der Waals surface area contributed by atoms with Gasteiger partial charge in [-0.15, -0.1) is 0 Å². The molecule has 0 aliphatic carbocycles. The third-order valence-electron chi connectivity index (χ3n) is 6.13.